The summed E-state index contributed by atoms with van der Waals surface area (Å²) in [4.78, 5) is 26.3. The Morgan fingerprint density at radius 1 is 1.38 bits per heavy atom. The second kappa shape index (κ2) is 8.61. The number of nitrogens with one attached hydrogen (secondary N) is 1. The molecule has 0 aromatic heterocycles. The molecule has 2 atom stereocenters. The van der Waals surface area contributed by atoms with Crippen molar-refractivity contribution < 1.29 is 32.2 Å². The third-order valence-corrected chi connectivity index (χ3v) is 5.17. The highest BCUT2D eigenvalue weighted by molar-refractivity contribution is 5.98. The van der Waals surface area contributed by atoms with E-state index in [-0.39, 0.29) is 49.1 Å². The van der Waals surface area contributed by atoms with Crippen LogP contribution in [-0.4, -0.2) is 48.6 Å². The fourth-order valence-corrected chi connectivity index (χ4v) is 3.53. The summed E-state index contributed by atoms with van der Waals surface area (Å²) in [6, 6.07) is 2.94. The quantitative estimate of drug-likeness (QED) is 0.774. The minimum Gasteiger partial charge on any atom is -0.489 e. The number of hydrogen-bond acceptors (Lipinski definition) is 4. The van der Waals surface area contributed by atoms with Crippen LogP contribution in [0.2, 0.25) is 0 Å². The first-order valence-electron chi connectivity index (χ1n) is 9.71. The summed E-state index contributed by atoms with van der Waals surface area (Å²) >= 11 is 0. The van der Waals surface area contributed by atoms with Crippen molar-refractivity contribution in [2.24, 2.45) is 5.92 Å². The molecule has 6 nitrogen and oxygen atoms in total. The molecular formula is C20H25F3N2O4. The Labute approximate surface area is 167 Å². The molecule has 1 N–H and O–H groups in total. The van der Waals surface area contributed by atoms with Gasteiger partial charge in [0.2, 0.25) is 11.8 Å². The molecule has 0 bridgehead atoms. The Balaban J connectivity index is 1.75. The van der Waals surface area contributed by atoms with Gasteiger partial charge in [0.25, 0.3) is 0 Å². The van der Waals surface area contributed by atoms with Crippen LogP contribution in [0.5, 0.6) is 5.75 Å². The number of amides is 2. The van der Waals surface area contributed by atoms with Gasteiger partial charge in [-0.25, -0.2) is 0 Å². The predicted molar refractivity (Wildman–Crippen MR) is 99.5 cm³/mol. The van der Waals surface area contributed by atoms with E-state index in [1.165, 1.54) is 6.07 Å². The Kier molecular flexibility index (Phi) is 6.36. The Hall–Kier alpha value is -2.29. The molecule has 3 rings (SSSR count). The number of nitrogens with zero attached hydrogens (tertiary/aromatic N) is 1. The number of rotatable bonds is 6. The number of ether oxygens (including phenoxy) is 2. The lowest BCUT2D eigenvalue weighted by Crippen LogP contribution is -2.33. The number of halogens is 3. The Morgan fingerprint density at radius 2 is 2.14 bits per heavy atom. The van der Waals surface area contributed by atoms with Crippen molar-refractivity contribution >= 4 is 17.5 Å². The maximum Gasteiger partial charge on any atom is 0.416 e. The number of carbonyl (C=O) groups is 2. The highest BCUT2D eigenvalue weighted by atomic mass is 19.4. The fourth-order valence-electron chi connectivity index (χ4n) is 3.53. The molecule has 0 spiro atoms. The van der Waals surface area contributed by atoms with Crippen LogP contribution in [0, 0.1) is 5.92 Å². The number of alkyl halides is 3. The van der Waals surface area contributed by atoms with Gasteiger partial charge in [-0.05, 0) is 44.9 Å². The van der Waals surface area contributed by atoms with E-state index in [1.807, 2.05) is 13.8 Å². The van der Waals surface area contributed by atoms with Crippen LogP contribution in [0.1, 0.15) is 38.7 Å². The molecule has 1 aromatic rings. The van der Waals surface area contributed by atoms with Crippen LogP contribution < -0.4 is 10.1 Å². The van der Waals surface area contributed by atoms with Gasteiger partial charge in [-0.1, -0.05) is 0 Å². The zero-order chi connectivity index (χ0) is 21.2. The van der Waals surface area contributed by atoms with Crippen LogP contribution in [0.3, 0.4) is 0 Å². The molecule has 29 heavy (non-hydrogen) atoms. The summed E-state index contributed by atoms with van der Waals surface area (Å²) in [5, 5.41) is 2.54. The predicted octanol–water partition coefficient (Wildman–Crippen LogP) is 3.46. The van der Waals surface area contributed by atoms with E-state index in [0.717, 1.165) is 25.0 Å². The number of carbonyl (C=O) groups excluding carboxylic acids is 2. The van der Waals surface area contributed by atoms with Gasteiger partial charge in [0.05, 0.1) is 23.3 Å². The zero-order valence-electron chi connectivity index (χ0n) is 16.4. The molecular weight excluding hydrogens is 389 g/mol. The maximum absolute atomic E-state index is 13.1. The second-order valence-corrected chi connectivity index (χ2v) is 7.68. The van der Waals surface area contributed by atoms with Crippen molar-refractivity contribution in [2.45, 2.75) is 51.4 Å². The molecule has 2 amide bonds. The average Bonchev–Trinajstić information content (AvgIpc) is 3.29. The average molecular weight is 414 g/mol. The summed E-state index contributed by atoms with van der Waals surface area (Å²) in [5.74, 6) is -1.11. The molecule has 2 heterocycles. The topological polar surface area (TPSA) is 67.9 Å². The molecule has 160 valence electrons. The molecule has 0 radical (unpaired) electrons. The van der Waals surface area contributed by atoms with E-state index < -0.39 is 23.6 Å². The first-order valence-corrected chi connectivity index (χ1v) is 9.71. The molecule has 2 aliphatic heterocycles. The summed E-state index contributed by atoms with van der Waals surface area (Å²) in [5.41, 5.74) is -0.943. The Morgan fingerprint density at radius 3 is 2.72 bits per heavy atom. The summed E-state index contributed by atoms with van der Waals surface area (Å²) in [6.45, 7) is 4.77. The minimum atomic E-state index is -4.55. The van der Waals surface area contributed by atoms with Crippen molar-refractivity contribution in [3.63, 3.8) is 0 Å². The molecule has 0 unspecified atom stereocenters. The fraction of sp³-hybridized carbons (Fsp3) is 0.600. The molecule has 1 aromatic carbocycles. The van der Waals surface area contributed by atoms with Gasteiger partial charge in [0, 0.05) is 25.6 Å². The minimum absolute atomic E-state index is 0.0368. The van der Waals surface area contributed by atoms with Crippen molar-refractivity contribution in [2.75, 3.05) is 25.1 Å². The normalized spacial score (nSPS) is 22.4. The van der Waals surface area contributed by atoms with Crippen LogP contribution in [-0.2, 0) is 20.5 Å². The van der Waals surface area contributed by atoms with E-state index in [9.17, 15) is 22.8 Å². The molecule has 2 fully saturated rings. The third-order valence-electron chi connectivity index (χ3n) is 5.17. The van der Waals surface area contributed by atoms with Crippen molar-refractivity contribution in [3.8, 4) is 5.75 Å². The van der Waals surface area contributed by atoms with Crippen LogP contribution in [0.4, 0.5) is 18.9 Å². The largest absolute Gasteiger partial charge is 0.489 e. The van der Waals surface area contributed by atoms with E-state index in [4.69, 9.17) is 9.47 Å². The van der Waals surface area contributed by atoms with Crippen LogP contribution >= 0.6 is 0 Å². The van der Waals surface area contributed by atoms with Gasteiger partial charge in [-0.15, -0.1) is 0 Å². The number of likely N-dealkylation sites (tertiary alicyclic amines) is 1. The van der Waals surface area contributed by atoms with Gasteiger partial charge in [0.1, 0.15) is 12.4 Å². The first kappa shape index (κ1) is 21.4. The smallest absolute Gasteiger partial charge is 0.416 e. The first-order chi connectivity index (χ1) is 13.6. The third kappa shape index (κ3) is 5.20. The highest BCUT2D eigenvalue weighted by Crippen LogP contribution is 2.36. The van der Waals surface area contributed by atoms with E-state index in [0.29, 0.717) is 6.61 Å². The van der Waals surface area contributed by atoms with E-state index >= 15 is 0 Å². The molecule has 2 aliphatic rings. The van der Waals surface area contributed by atoms with Crippen molar-refractivity contribution in [1.82, 2.24) is 4.90 Å². The van der Waals surface area contributed by atoms with Gasteiger partial charge in [-0.2, -0.15) is 13.2 Å². The van der Waals surface area contributed by atoms with Gasteiger partial charge >= 0.3 is 6.18 Å². The van der Waals surface area contributed by atoms with Gasteiger partial charge < -0.3 is 19.7 Å². The lowest BCUT2D eigenvalue weighted by Gasteiger charge is -2.21. The molecule has 0 saturated carbocycles. The summed E-state index contributed by atoms with van der Waals surface area (Å²) in [7, 11) is 0. The lowest BCUT2D eigenvalue weighted by molar-refractivity contribution is -0.137. The Bertz CT molecular complexity index is 761. The number of hydrogen-bond donors (Lipinski definition) is 1. The van der Waals surface area contributed by atoms with Gasteiger partial charge in [-0.3, -0.25) is 9.59 Å². The van der Waals surface area contributed by atoms with E-state index in [2.05, 4.69) is 5.32 Å². The standard InChI is InChI=1S/C20H25F3N2O4/c1-12(2)25-10-13(8-18(25)26)19(27)24-16-9-14(20(21,22)23)5-6-17(16)29-11-15-4-3-7-28-15/h5-6,9,12-13,15H,3-4,7-8,10-11H2,1-2H3,(H,24,27)/t13-,15+/m1/s1. The van der Waals surface area contributed by atoms with Crippen molar-refractivity contribution in [3.05, 3.63) is 23.8 Å². The van der Waals surface area contributed by atoms with Crippen LogP contribution in [0.15, 0.2) is 18.2 Å². The highest BCUT2D eigenvalue weighted by Gasteiger charge is 2.36. The van der Waals surface area contributed by atoms with Crippen LogP contribution in [0.25, 0.3) is 0 Å². The maximum atomic E-state index is 13.1. The molecule has 0 aliphatic carbocycles. The monoisotopic (exact) mass is 414 g/mol. The van der Waals surface area contributed by atoms with Crippen molar-refractivity contribution in [1.29, 1.82) is 0 Å². The lowest BCUT2D eigenvalue weighted by atomic mass is 10.1. The van der Waals surface area contributed by atoms with Gasteiger partial charge in [0.15, 0.2) is 0 Å². The SMILES string of the molecule is CC(C)N1C[C@H](C(=O)Nc2cc(C(F)(F)F)ccc2OC[C@@H]2CCCO2)CC1=O. The molecule has 9 heteroatoms. The summed E-state index contributed by atoms with van der Waals surface area (Å²) < 4.78 is 50.5. The summed E-state index contributed by atoms with van der Waals surface area (Å²) in [6.07, 6.45) is -2.91. The number of benzene rings is 1. The second-order valence-electron chi connectivity index (χ2n) is 7.68. The van der Waals surface area contributed by atoms with E-state index in [1.54, 1.807) is 4.90 Å². The number of anilines is 1. The zero-order valence-corrected chi connectivity index (χ0v) is 16.4. The molecule has 2 saturated heterocycles.